The molecule has 0 saturated carbocycles. The summed E-state index contributed by atoms with van der Waals surface area (Å²) < 4.78 is 7.54. The predicted molar refractivity (Wildman–Crippen MR) is 77.2 cm³/mol. The number of nitrogen functional groups attached to an aromatic ring is 2. The fourth-order valence-electron chi connectivity index (χ4n) is 1.30. The van der Waals surface area contributed by atoms with Crippen LogP contribution >= 0.6 is 31.9 Å². The molecule has 17 heavy (non-hydrogen) atoms. The van der Waals surface area contributed by atoms with Gasteiger partial charge in [0.05, 0.1) is 15.8 Å². The fourth-order valence-corrected chi connectivity index (χ4v) is 2.43. The molecule has 0 aliphatic heterocycles. The Morgan fingerprint density at radius 1 is 0.882 bits per heavy atom. The Morgan fingerprint density at radius 2 is 1.65 bits per heavy atom. The molecule has 3 nitrogen and oxygen atoms in total. The number of benzene rings is 2. The van der Waals surface area contributed by atoms with Crippen LogP contribution in [-0.2, 0) is 0 Å². The van der Waals surface area contributed by atoms with Gasteiger partial charge in [-0.15, -0.1) is 0 Å². The maximum atomic E-state index is 5.71. The van der Waals surface area contributed by atoms with Crippen molar-refractivity contribution < 1.29 is 4.74 Å². The van der Waals surface area contributed by atoms with Crippen LogP contribution in [0.1, 0.15) is 0 Å². The van der Waals surface area contributed by atoms with Crippen LogP contribution in [0, 0.1) is 0 Å². The van der Waals surface area contributed by atoms with Crippen molar-refractivity contribution in [2.75, 3.05) is 11.5 Å². The maximum Gasteiger partial charge on any atom is 0.141 e. The molecule has 2 aromatic rings. The zero-order valence-corrected chi connectivity index (χ0v) is 12.0. The van der Waals surface area contributed by atoms with Crippen molar-refractivity contribution in [1.29, 1.82) is 0 Å². The Hall–Kier alpha value is -1.20. The number of hydrogen-bond donors (Lipinski definition) is 2. The molecule has 0 amide bonds. The maximum absolute atomic E-state index is 5.71. The topological polar surface area (TPSA) is 61.3 Å². The summed E-state index contributed by atoms with van der Waals surface area (Å²) in [5.74, 6) is 1.37. The summed E-state index contributed by atoms with van der Waals surface area (Å²) in [4.78, 5) is 0. The second-order valence-corrected chi connectivity index (χ2v) is 5.24. The van der Waals surface area contributed by atoms with Gasteiger partial charge in [0.1, 0.15) is 11.5 Å². The lowest BCUT2D eigenvalue weighted by Crippen LogP contribution is -1.95. The lowest BCUT2D eigenvalue weighted by atomic mass is 10.2. The molecular formula is C12H10Br2N2O. The molecule has 0 atom stereocenters. The van der Waals surface area contributed by atoms with E-state index in [9.17, 15) is 0 Å². The Balaban J connectivity index is 2.28. The van der Waals surface area contributed by atoms with Gasteiger partial charge in [-0.05, 0) is 46.3 Å². The van der Waals surface area contributed by atoms with Crippen LogP contribution in [0.4, 0.5) is 11.4 Å². The number of halogens is 2. The van der Waals surface area contributed by atoms with Crippen LogP contribution < -0.4 is 16.2 Å². The van der Waals surface area contributed by atoms with Gasteiger partial charge in [0, 0.05) is 10.5 Å². The van der Waals surface area contributed by atoms with Crippen LogP contribution in [0.25, 0.3) is 0 Å². The van der Waals surface area contributed by atoms with E-state index in [1.54, 1.807) is 18.2 Å². The highest BCUT2D eigenvalue weighted by atomic mass is 79.9. The predicted octanol–water partition coefficient (Wildman–Crippen LogP) is 4.17. The SMILES string of the molecule is Nc1ccc(Oc2ccc(Br)cc2Br)cc1N. The fraction of sp³-hybridized carbons (Fsp3) is 0. The summed E-state index contributed by atoms with van der Waals surface area (Å²) in [6, 6.07) is 10.9. The van der Waals surface area contributed by atoms with E-state index in [2.05, 4.69) is 31.9 Å². The Bertz CT molecular complexity index is 558. The third kappa shape index (κ3) is 2.92. The summed E-state index contributed by atoms with van der Waals surface area (Å²) in [7, 11) is 0. The van der Waals surface area contributed by atoms with Crippen molar-refractivity contribution in [2.45, 2.75) is 0 Å². The molecule has 0 bridgehead atoms. The number of ether oxygens (including phenoxy) is 1. The first-order valence-corrected chi connectivity index (χ1v) is 6.43. The average molecular weight is 358 g/mol. The molecule has 2 rings (SSSR count). The third-order valence-electron chi connectivity index (χ3n) is 2.18. The monoisotopic (exact) mass is 356 g/mol. The molecular weight excluding hydrogens is 348 g/mol. The molecule has 88 valence electrons. The van der Waals surface area contributed by atoms with Crippen LogP contribution in [0.3, 0.4) is 0 Å². The number of rotatable bonds is 2. The minimum Gasteiger partial charge on any atom is -0.456 e. The van der Waals surface area contributed by atoms with E-state index in [1.165, 1.54) is 0 Å². The van der Waals surface area contributed by atoms with E-state index >= 15 is 0 Å². The molecule has 0 spiro atoms. The number of hydrogen-bond acceptors (Lipinski definition) is 3. The quantitative estimate of drug-likeness (QED) is 0.793. The molecule has 0 heterocycles. The van der Waals surface area contributed by atoms with Gasteiger partial charge in [0.2, 0.25) is 0 Å². The summed E-state index contributed by atoms with van der Waals surface area (Å²) >= 11 is 6.81. The summed E-state index contributed by atoms with van der Waals surface area (Å²) in [6.07, 6.45) is 0. The standard InChI is InChI=1S/C12H10Br2N2O/c13-7-1-4-12(9(14)5-7)17-8-2-3-10(15)11(16)6-8/h1-6H,15-16H2. The van der Waals surface area contributed by atoms with Gasteiger partial charge in [-0.3, -0.25) is 0 Å². The molecule has 0 saturated heterocycles. The van der Waals surface area contributed by atoms with E-state index in [-0.39, 0.29) is 0 Å². The molecule has 2 aromatic carbocycles. The Morgan fingerprint density at radius 3 is 2.29 bits per heavy atom. The lowest BCUT2D eigenvalue weighted by Gasteiger charge is -2.09. The minimum absolute atomic E-state index is 0.510. The van der Waals surface area contributed by atoms with E-state index in [1.807, 2.05) is 18.2 Å². The normalized spacial score (nSPS) is 10.2. The average Bonchev–Trinajstić information content (AvgIpc) is 2.27. The summed E-state index contributed by atoms with van der Waals surface area (Å²) in [6.45, 7) is 0. The van der Waals surface area contributed by atoms with E-state index in [0.717, 1.165) is 14.7 Å². The Labute approximate surface area is 116 Å². The van der Waals surface area contributed by atoms with Crippen LogP contribution in [0.2, 0.25) is 0 Å². The molecule has 0 aromatic heterocycles. The van der Waals surface area contributed by atoms with E-state index < -0.39 is 0 Å². The highest BCUT2D eigenvalue weighted by molar-refractivity contribution is 9.11. The van der Waals surface area contributed by atoms with Crippen molar-refractivity contribution in [1.82, 2.24) is 0 Å². The van der Waals surface area contributed by atoms with Crippen LogP contribution in [0.15, 0.2) is 45.3 Å². The van der Waals surface area contributed by atoms with Crippen molar-refractivity contribution in [3.05, 3.63) is 45.3 Å². The van der Waals surface area contributed by atoms with Gasteiger partial charge < -0.3 is 16.2 Å². The zero-order chi connectivity index (χ0) is 12.4. The second-order valence-electron chi connectivity index (χ2n) is 3.47. The second kappa shape index (κ2) is 4.98. The zero-order valence-electron chi connectivity index (χ0n) is 8.78. The molecule has 0 unspecified atom stereocenters. The van der Waals surface area contributed by atoms with Crippen molar-refractivity contribution in [2.24, 2.45) is 0 Å². The highest BCUT2D eigenvalue weighted by Crippen LogP contribution is 2.33. The largest absolute Gasteiger partial charge is 0.456 e. The summed E-state index contributed by atoms with van der Waals surface area (Å²) in [5.41, 5.74) is 12.4. The number of anilines is 2. The van der Waals surface area contributed by atoms with E-state index in [0.29, 0.717) is 17.1 Å². The van der Waals surface area contributed by atoms with Crippen LogP contribution in [0.5, 0.6) is 11.5 Å². The van der Waals surface area contributed by atoms with Crippen molar-refractivity contribution in [3.63, 3.8) is 0 Å². The van der Waals surface area contributed by atoms with Gasteiger partial charge in [0.15, 0.2) is 0 Å². The number of nitrogens with two attached hydrogens (primary N) is 2. The van der Waals surface area contributed by atoms with Gasteiger partial charge in [-0.2, -0.15) is 0 Å². The Kier molecular flexibility index (Phi) is 3.59. The molecule has 0 fully saturated rings. The third-order valence-corrected chi connectivity index (χ3v) is 3.29. The van der Waals surface area contributed by atoms with Gasteiger partial charge in [0.25, 0.3) is 0 Å². The smallest absolute Gasteiger partial charge is 0.141 e. The van der Waals surface area contributed by atoms with Gasteiger partial charge in [-0.1, -0.05) is 15.9 Å². The summed E-state index contributed by atoms with van der Waals surface area (Å²) in [5, 5.41) is 0. The first-order chi connectivity index (χ1) is 8.06. The first-order valence-electron chi connectivity index (χ1n) is 4.84. The molecule has 5 heteroatoms. The molecule has 4 N–H and O–H groups in total. The minimum atomic E-state index is 0.510. The van der Waals surface area contributed by atoms with Gasteiger partial charge >= 0.3 is 0 Å². The van der Waals surface area contributed by atoms with Crippen molar-refractivity contribution >= 4 is 43.2 Å². The van der Waals surface area contributed by atoms with Crippen LogP contribution in [-0.4, -0.2) is 0 Å². The van der Waals surface area contributed by atoms with Crippen molar-refractivity contribution in [3.8, 4) is 11.5 Å². The molecule has 0 radical (unpaired) electrons. The highest BCUT2D eigenvalue weighted by Gasteiger charge is 2.04. The first kappa shape index (κ1) is 12.3. The lowest BCUT2D eigenvalue weighted by molar-refractivity contribution is 0.480. The van der Waals surface area contributed by atoms with E-state index in [4.69, 9.17) is 16.2 Å². The molecule has 0 aliphatic rings. The van der Waals surface area contributed by atoms with Gasteiger partial charge in [-0.25, -0.2) is 0 Å². The molecule has 0 aliphatic carbocycles.